The Hall–Kier alpha value is -1.18. The number of phenolic OH excluding ortho intramolecular Hbond substituents is 1. The molecule has 2 N–H and O–H groups in total. The van der Waals surface area contributed by atoms with E-state index in [1.807, 2.05) is 26.0 Å². The van der Waals surface area contributed by atoms with E-state index in [1.165, 1.54) is 0 Å². The topological polar surface area (TPSA) is 32.3 Å². The van der Waals surface area contributed by atoms with E-state index in [0.29, 0.717) is 11.8 Å². The van der Waals surface area contributed by atoms with Gasteiger partial charge in [-0.3, -0.25) is 0 Å². The first-order valence-electron chi connectivity index (χ1n) is 5.12. The van der Waals surface area contributed by atoms with Gasteiger partial charge in [0.15, 0.2) is 0 Å². The van der Waals surface area contributed by atoms with Crippen LogP contribution < -0.4 is 5.32 Å². The highest BCUT2D eigenvalue weighted by Gasteiger charge is 2.07. The molecule has 0 spiro atoms. The summed E-state index contributed by atoms with van der Waals surface area (Å²) in [5.74, 6) is 0.401. The van der Waals surface area contributed by atoms with Gasteiger partial charge in [-0.05, 0) is 38.8 Å². The van der Waals surface area contributed by atoms with Crippen LogP contribution >= 0.6 is 0 Å². The van der Waals surface area contributed by atoms with Gasteiger partial charge in [0.2, 0.25) is 0 Å². The van der Waals surface area contributed by atoms with Gasteiger partial charge < -0.3 is 10.4 Å². The first kappa shape index (κ1) is 10.9. The molecule has 2 nitrogen and oxygen atoms in total. The molecule has 0 saturated carbocycles. The largest absolute Gasteiger partial charge is 0.507 e. The fraction of sp³-hybridized carbons (Fsp3) is 0.500. The molecule has 0 aliphatic carbocycles. The van der Waals surface area contributed by atoms with Gasteiger partial charge in [0, 0.05) is 17.3 Å². The van der Waals surface area contributed by atoms with Crippen molar-refractivity contribution < 1.29 is 5.11 Å². The lowest BCUT2D eigenvalue weighted by Gasteiger charge is -2.16. The Morgan fingerprint density at radius 3 is 2.57 bits per heavy atom. The van der Waals surface area contributed by atoms with Crippen LogP contribution in [0.4, 0.5) is 5.69 Å². The second-order valence-electron chi connectivity index (χ2n) is 3.86. The molecule has 0 heterocycles. The summed E-state index contributed by atoms with van der Waals surface area (Å²) >= 11 is 0. The van der Waals surface area contributed by atoms with Crippen LogP contribution in [0.15, 0.2) is 12.1 Å². The van der Waals surface area contributed by atoms with E-state index in [4.69, 9.17) is 0 Å². The molecule has 0 bridgehead atoms. The average molecular weight is 193 g/mol. The third-order valence-corrected chi connectivity index (χ3v) is 2.65. The van der Waals surface area contributed by atoms with Gasteiger partial charge in [-0.25, -0.2) is 0 Å². The van der Waals surface area contributed by atoms with Crippen molar-refractivity contribution in [1.29, 1.82) is 0 Å². The zero-order valence-corrected chi connectivity index (χ0v) is 9.39. The minimum atomic E-state index is 0.401. The molecule has 1 aromatic carbocycles. The van der Waals surface area contributed by atoms with Crippen LogP contribution in [0.5, 0.6) is 5.75 Å². The molecule has 1 aromatic rings. The molecule has 0 radical (unpaired) electrons. The summed E-state index contributed by atoms with van der Waals surface area (Å²) in [6, 6.07) is 4.40. The summed E-state index contributed by atoms with van der Waals surface area (Å²) in [6.45, 7) is 8.12. The van der Waals surface area contributed by atoms with Crippen LogP contribution in [0.2, 0.25) is 0 Å². The molecule has 2 heteroatoms. The Kier molecular flexibility index (Phi) is 3.39. The van der Waals surface area contributed by atoms with Crippen molar-refractivity contribution in [2.45, 2.75) is 40.2 Å². The molecule has 0 aliphatic rings. The quantitative estimate of drug-likeness (QED) is 0.772. The molecule has 78 valence electrons. The number of aromatic hydroxyl groups is 1. The van der Waals surface area contributed by atoms with E-state index in [1.54, 1.807) is 0 Å². The zero-order valence-electron chi connectivity index (χ0n) is 9.39. The lowest BCUT2D eigenvalue weighted by molar-refractivity contribution is 0.467. The van der Waals surface area contributed by atoms with Gasteiger partial charge in [0.05, 0.1) is 0 Å². The zero-order chi connectivity index (χ0) is 10.7. The van der Waals surface area contributed by atoms with Crippen LogP contribution in [0.25, 0.3) is 0 Å². The number of anilines is 1. The maximum Gasteiger partial charge on any atom is 0.123 e. The standard InChI is InChI=1S/C12H19NO/c1-5-9(3)13-11-7-6-8(2)12(14)10(11)4/h6-7,9,13-14H,5H2,1-4H3. The number of nitrogens with one attached hydrogen (secondary N) is 1. The van der Waals surface area contributed by atoms with E-state index >= 15 is 0 Å². The highest BCUT2D eigenvalue weighted by Crippen LogP contribution is 2.28. The van der Waals surface area contributed by atoms with Crippen LogP contribution in [-0.2, 0) is 0 Å². The number of benzene rings is 1. The van der Waals surface area contributed by atoms with E-state index < -0.39 is 0 Å². The van der Waals surface area contributed by atoms with Gasteiger partial charge in [-0.2, -0.15) is 0 Å². The molecule has 14 heavy (non-hydrogen) atoms. The summed E-state index contributed by atoms with van der Waals surface area (Å²) in [6.07, 6.45) is 1.08. The molecular formula is C12H19NO. The van der Waals surface area contributed by atoms with Crippen LogP contribution in [0.1, 0.15) is 31.4 Å². The molecule has 0 aromatic heterocycles. The Labute approximate surface area is 86.0 Å². The predicted octanol–water partition coefficient (Wildman–Crippen LogP) is 3.22. The summed E-state index contributed by atoms with van der Waals surface area (Å²) in [7, 11) is 0. The van der Waals surface area contributed by atoms with Gasteiger partial charge >= 0.3 is 0 Å². The SMILES string of the molecule is CCC(C)Nc1ccc(C)c(O)c1C. The Morgan fingerprint density at radius 1 is 1.36 bits per heavy atom. The summed E-state index contributed by atoms with van der Waals surface area (Å²) in [5.41, 5.74) is 2.89. The van der Waals surface area contributed by atoms with Gasteiger partial charge in [0.25, 0.3) is 0 Å². The van der Waals surface area contributed by atoms with Gasteiger partial charge in [-0.15, -0.1) is 0 Å². The number of aryl methyl sites for hydroxylation is 1. The van der Waals surface area contributed by atoms with Crippen molar-refractivity contribution in [3.8, 4) is 5.75 Å². The number of rotatable bonds is 3. The second-order valence-corrected chi connectivity index (χ2v) is 3.86. The molecule has 1 unspecified atom stereocenters. The van der Waals surface area contributed by atoms with Crippen LogP contribution in [-0.4, -0.2) is 11.1 Å². The van der Waals surface area contributed by atoms with Crippen LogP contribution in [0, 0.1) is 13.8 Å². The third kappa shape index (κ3) is 2.19. The van der Waals surface area contributed by atoms with E-state index in [0.717, 1.165) is 23.2 Å². The van der Waals surface area contributed by atoms with Crippen molar-refractivity contribution in [2.24, 2.45) is 0 Å². The fourth-order valence-corrected chi connectivity index (χ4v) is 1.36. The highest BCUT2D eigenvalue weighted by molar-refractivity contribution is 5.59. The summed E-state index contributed by atoms with van der Waals surface area (Å²) in [4.78, 5) is 0. The molecule has 0 saturated heterocycles. The van der Waals surface area contributed by atoms with Crippen molar-refractivity contribution in [1.82, 2.24) is 0 Å². The van der Waals surface area contributed by atoms with Crippen LogP contribution in [0.3, 0.4) is 0 Å². The summed E-state index contributed by atoms with van der Waals surface area (Å²) in [5, 5.41) is 13.1. The molecular weight excluding hydrogens is 174 g/mol. The number of hydrogen-bond donors (Lipinski definition) is 2. The molecule has 0 amide bonds. The maximum atomic E-state index is 9.73. The van der Waals surface area contributed by atoms with Crippen molar-refractivity contribution in [3.63, 3.8) is 0 Å². The first-order chi connectivity index (χ1) is 6.56. The maximum absolute atomic E-state index is 9.73. The lowest BCUT2D eigenvalue weighted by Crippen LogP contribution is -2.14. The smallest absolute Gasteiger partial charge is 0.123 e. The minimum Gasteiger partial charge on any atom is -0.507 e. The van der Waals surface area contributed by atoms with Crippen molar-refractivity contribution >= 4 is 5.69 Å². The second kappa shape index (κ2) is 4.36. The molecule has 0 aliphatic heterocycles. The van der Waals surface area contributed by atoms with Crippen molar-refractivity contribution in [3.05, 3.63) is 23.3 Å². The Morgan fingerprint density at radius 2 is 2.00 bits per heavy atom. The van der Waals surface area contributed by atoms with E-state index in [9.17, 15) is 5.11 Å². The number of phenols is 1. The monoisotopic (exact) mass is 193 g/mol. The van der Waals surface area contributed by atoms with Crippen molar-refractivity contribution in [2.75, 3.05) is 5.32 Å². The molecule has 0 fully saturated rings. The van der Waals surface area contributed by atoms with Gasteiger partial charge in [0.1, 0.15) is 5.75 Å². The third-order valence-electron chi connectivity index (χ3n) is 2.65. The first-order valence-corrected chi connectivity index (χ1v) is 5.12. The van der Waals surface area contributed by atoms with E-state index in [-0.39, 0.29) is 0 Å². The van der Waals surface area contributed by atoms with E-state index in [2.05, 4.69) is 19.2 Å². The molecule has 1 atom stereocenters. The Bertz CT molecular complexity index is 320. The Balaban J connectivity index is 2.94. The summed E-state index contributed by atoms with van der Waals surface area (Å²) < 4.78 is 0. The average Bonchev–Trinajstić information content (AvgIpc) is 2.19. The van der Waals surface area contributed by atoms with Gasteiger partial charge in [-0.1, -0.05) is 13.0 Å². The lowest BCUT2D eigenvalue weighted by atomic mass is 10.1. The minimum absolute atomic E-state index is 0.401. The molecule has 1 rings (SSSR count). The fourth-order valence-electron chi connectivity index (χ4n) is 1.36. The normalized spacial score (nSPS) is 12.6. The predicted molar refractivity (Wildman–Crippen MR) is 61.0 cm³/mol. The highest BCUT2D eigenvalue weighted by atomic mass is 16.3. The number of hydrogen-bond acceptors (Lipinski definition) is 2.